The van der Waals surface area contributed by atoms with Gasteiger partial charge in [0.25, 0.3) is 5.91 Å². The summed E-state index contributed by atoms with van der Waals surface area (Å²) in [4.78, 5) is 62.8. The third-order valence-electron chi connectivity index (χ3n) is 7.06. The summed E-state index contributed by atoms with van der Waals surface area (Å²) in [7, 11) is 1.24. The average Bonchev–Trinajstić information content (AvgIpc) is 3.50. The number of carbonyl (C=O) groups is 4. The van der Waals surface area contributed by atoms with Crippen molar-refractivity contribution in [1.82, 2.24) is 25.1 Å². The lowest BCUT2D eigenvalue weighted by atomic mass is 9.86. The van der Waals surface area contributed by atoms with Gasteiger partial charge in [-0.3, -0.25) is 19.4 Å². The number of H-pyrrole nitrogens is 1. The molecule has 0 saturated carbocycles. The van der Waals surface area contributed by atoms with E-state index >= 15 is 0 Å². The number of urea groups is 1. The van der Waals surface area contributed by atoms with Crippen molar-refractivity contribution in [2.45, 2.75) is 49.9 Å². The molecule has 2 heterocycles. The number of amides is 4. The van der Waals surface area contributed by atoms with Gasteiger partial charge < -0.3 is 15.0 Å². The normalized spacial score (nSPS) is 18.9. The van der Waals surface area contributed by atoms with E-state index in [9.17, 15) is 19.2 Å². The largest absolute Gasteiger partial charge is 0.467 e. The predicted octanol–water partition coefficient (Wildman–Crippen LogP) is 3.04. The first-order chi connectivity index (χ1) is 18.7. The van der Waals surface area contributed by atoms with Gasteiger partial charge in [-0.2, -0.15) is 12.6 Å². The molecular formula is C28H33N5O5S. The van der Waals surface area contributed by atoms with Crippen LogP contribution in [-0.4, -0.2) is 75.1 Å². The van der Waals surface area contributed by atoms with Crippen LogP contribution in [0.4, 0.5) is 4.79 Å². The lowest BCUT2D eigenvalue weighted by molar-refractivity contribution is -0.145. The number of esters is 1. The Hall–Kier alpha value is -3.86. The zero-order valence-corrected chi connectivity index (χ0v) is 23.1. The number of thiol groups is 1. The Morgan fingerprint density at radius 3 is 2.62 bits per heavy atom. The summed E-state index contributed by atoms with van der Waals surface area (Å²) in [6.45, 7) is 3.23. The molecule has 1 fully saturated rings. The molecule has 1 saturated heterocycles. The Balaban J connectivity index is 1.66. The first-order valence-corrected chi connectivity index (χ1v) is 13.3. The van der Waals surface area contributed by atoms with Gasteiger partial charge in [0, 0.05) is 23.7 Å². The molecule has 11 heteroatoms. The lowest BCUT2D eigenvalue weighted by Crippen LogP contribution is -2.52. The summed E-state index contributed by atoms with van der Waals surface area (Å²) in [6.07, 6.45) is 4.65. The number of methoxy groups -OCH3 is 1. The Labute approximate surface area is 232 Å². The molecule has 2 N–H and O–H groups in total. The quantitative estimate of drug-likeness (QED) is 0.191. The monoisotopic (exact) mass is 551 g/mol. The topological polar surface area (TPSA) is 125 Å². The molecule has 10 nitrogen and oxygen atoms in total. The number of benzene rings is 2. The van der Waals surface area contributed by atoms with Crippen LogP contribution in [0.2, 0.25) is 0 Å². The van der Waals surface area contributed by atoms with Crippen LogP contribution in [0.25, 0.3) is 10.8 Å². The van der Waals surface area contributed by atoms with Crippen molar-refractivity contribution in [3.63, 3.8) is 0 Å². The molecule has 0 radical (unpaired) electrons. The van der Waals surface area contributed by atoms with Crippen LogP contribution in [0, 0.1) is 0 Å². The molecule has 2 aromatic carbocycles. The fraction of sp³-hybridized carbons (Fsp3) is 0.393. The van der Waals surface area contributed by atoms with Crippen molar-refractivity contribution in [2.24, 2.45) is 0 Å². The second-order valence-corrected chi connectivity index (χ2v) is 10.7. The Bertz CT molecular complexity index is 1360. The molecule has 1 aliphatic rings. The van der Waals surface area contributed by atoms with Gasteiger partial charge in [-0.15, -0.1) is 0 Å². The molecular weight excluding hydrogens is 518 g/mol. The van der Waals surface area contributed by atoms with Crippen molar-refractivity contribution in [3.05, 3.63) is 66.2 Å². The zero-order valence-electron chi connectivity index (χ0n) is 22.2. The average molecular weight is 552 g/mol. The van der Waals surface area contributed by atoms with Gasteiger partial charge in [-0.1, -0.05) is 49.4 Å². The van der Waals surface area contributed by atoms with Crippen molar-refractivity contribution in [3.8, 4) is 0 Å². The van der Waals surface area contributed by atoms with Gasteiger partial charge in [-0.05, 0) is 42.5 Å². The van der Waals surface area contributed by atoms with Crippen LogP contribution in [0.5, 0.6) is 0 Å². The van der Waals surface area contributed by atoms with Crippen molar-refractivity contribution in [2.75, 3.05) is 20.2 Å². The van der Waals surface area contributed by atoms with E-state index in [-0.39, 0.29) is 18.2 Å². The summed E-state index contributed by atoms with van der Waals surface area (Å²) in [5.74, 6) is -1.59. The van der Waals surface area contributed by atoms with E-state index in [4.69, 9.17) is 4.74 Å². The first kappa shape index (κ1) is 28.2. The van der Waals surface area contributed by atoms with Gasteiger partial charge in [0.2, 0.25) is 5.91 Å². The smallest absolute Gasteiger partial charge is 0.328 e. The summed E-state index contributed by atoms with van der Waals surface area (Å²) < 4.78 is 4.84. The summed E-state index contributed by atoms with van der Waals surface area (Å²) in [5.41, 5.74) is 0.0756. The minimum atomic E-state index is -1.44. The predicted molar refractivity (Wildman–Crippen MR) is 149 cm³/mol. The number of aromatic amines is 1. The molecule has 3 aromatic rings. The highest BCUT2D eigenvalue weighted by Crippen LogP contribution is 2.40. The number of imidazole rings is 1. The third kappa shape index (κ3) is 5.78. The van der Waals surface area contributed by atoms with Gasteiger partial charge in [0.15, 0.2) is 0 Å². The maximum atomic E-state index is 14.0. The number of rotatable bonds is 11. The highest BCUT2D eigenvalue weighted by atomic mass is 32.1. The minimum absolute atomic E-state index is 0.178. The number of hydrogen-bond acceptors (Lipinski definition) is 7. The molecule has 3 unspecified atom stereocenters. The first-order valence-electron chi connectivity index (χ1n) is 12.8. The van der Waals surface area contributed by atoms with E-state index in [0.717, 1.165) is 16.5 Å². The van der Waals surface area contributed by atoms with Gasteiger partial charge >= 0.3 is 12.0 Å². The van der Waals surface area contributed by atoms with E-state index in [1.54, 1.807) is 26.4 Å². The maximum Gasteiger partial charge on any atom is 0.328 e. The Kier molecular flexibility index (Phi) is 8.59. The number of carbonyl (C=O) groups excluding carboxylic acids is 4. The molecule has 4 amide bonds. The molecule has 0 spiro atoms. The number of aryl methyl sites for hydroxylation is 1. The molecule has 1 aromatic heterocycles. The summed E-state index contributed by atoms with van der Waals surface area (Å²) in [6, 6.07) is 11.7. The lowest BCUT2D eigenvalue weighted by Gasteiger charge is -2.33. The number of imide groups is 1. The molecule has 0 bridgehead atoms. The Morgan fingerprint density at radius 1 is 1.18 bits per heavy atom. The fourth-order valence-electron chi connectivity index (χ4n) is 5.07. The minimum Gasteiger partial charge on any atom is -0.467 e. The zero-order chi connectivity index (χ0) is 28.2. The van der Waals surface area contributed by atoms with Crippen molar-refractivity contribution >= 4 is 47.2 Å². The summed E-state index contributed by atoms with van der Waals surface area (Å²) >= 11 is 4.33. The summed E-state index contributed by atoms with van der Waals surface area (Å²) in [5, 5.41) is 4.20. The van der Waals surface area contributed by atoms with Crippen LogP contribution in [0.1, 0.15) is 37.9 Å². The van der Waals surface area contributed by atoms with Crippen molar-refractivity contribution < 1.29 is 23.9 Å². The van der Waals surface area contributed by atoms with Gasteiger partial charge in [0.05, 0.1) is 13.4 Å². The van der Waals surface area contributed by atoms with Crippen LogP contribution in [0.15, 0.2) is 55.0 Å². The number of hydrogen-bond donors (Lipinski definition) is 3. The number of nitrogens with zero attached hydrogens (tertiary/aromatic N) is 3. The van der Waals surface area contributed by atoms with Crippen LogP contribution < -0.4 is 5.32 Å². The van der Waals surface area contributed by atoms with Gasteiger partial charge in [-0.25, -0.2) is 14.6 Å². The van der Waals surface area contributed by atoms with E-state index < -0.39 is 41.9 Å². The van der Waals surface area contributed by atoms with Crippen molar-refractivity contribution in [1.29, 1.82) is 0 Å². The van der Waals surface area contributed by atoms with E-state index in [0.29, 0.717) is 18.4 Å². The van der Waals surface area contributed by atoms with E-state index in [1.807, 2.05) is 42.5 Å². The second kappa shape index (κ2) is 11.9. The second-order valence-electron chi connectivity index (χ2n) is 9.83. The fourth-order valence-corrected chi connectivity index (χ4v) is 5.28. The van der Waals surface area contributed by atoms with Gasteiger partial charge in [0.1, 0.15) is 18.1 Å². The van der Waals surface area contributed by atoms with E-state index in [1.165, 1.54) is 16.9 Å². The maximum absolute atomic E-state index is 14.0. The van der Waals surface area contributed by atoms with Crippen LogP contribution in [0.3, 0.4) is 0 Å². The number of ether oxygens (including phenoxy) is 1. The molecule has 1 aliphatic heterocycles. The molecule has 3 atom stereocenters. The highest BCUT2D eigenvalue weighted by Gasteiger charge is 2.56. The Morgan fingerprint density at radius 2 is 1.92 bits per heavy atom. The standard InChI is InChI=1S/C28H33N5O5S/c1-18(39)14-23(25(35)38-3)31-24(34)16-33-27(37)32(13-7-10-20-15-29-17-30-20)26(36)28(33,2)22-12-6-9-19-8-4-5-11-21(19)22/h4-6,8-9,11-12,15,17-18,23,39H,7,10,13-14,16H2,1-3H3,(H,29,30)(H,31,34). The molecule has 39 heavy (non-hydrogen) atoms. The number of fused-ring (bicyclic) bond motifs is 1. The number of nitrogens with one attached hydrogen (secondary N) is 2. The number of aromatic nitrogens is 2. The highest BCUT2D eigenvalue weighted by molar-refractivity contribution is 7.80. The molecule has 4 rings (SSSR count). The van der Waals surface area contributed by atoms with E-state index in [2.05, 4.69) is 27.9 Å². The SMILES string of the molecule is COC(=O)C(CC(C)S)NC(=O)CN1C(=O)N(CCCc2cnc[nH]2)C(=O)C1(C)c1cccc2ccccc12. The molecule has 0 aliphatic carbocycles. The van der Waals surface area contributed by atoms with Crippen LogP contribution >= 0.6 is 12.6 Å². The molecule has 206 valence electrons. The third-order valence-corrected chi connectivity index (χ3v) is 7.27. The van der Waals surface area contributed by atoms with Crippen LogP contribution in [-0.2, 0) is 31.1 Å².